The molecule has 0 aromatic rings. The molecule has 0 radical (unpaired) electrons. The first kappa shape index (κ1) is 8.40. The number of aliphatic hydroxyl groups is 4. The van der Waals surface area contributed by atoms with E-state index in [0.29, 0.717) is 0 Å². The minimum absolute atomic E-state index is 1.40. The maximum Gasteiger partial charge on any atom is 0.315 e. The van der Waals surface area contributed by atoms with Gasteiger partial charge in [0, 0.05) is 0 Å². The Morgan fingerprint density at radius 2 is 1.78 bits per heavy atom. The molecule has 0 fully saturated rings. The van der Waals surface area contributed by atoms with Crippen LogP contribution in [0.1, 0.15) is 6.92 Å². The quantitative estimate of drug-likeness (QED) is 0.246. The molecule has 0 aromatic carbocycles. The lowest BCUT2D eigenvalue weighted by Gasteiger charge is -2.15. The molecular formula is C5H8O4. The molecule has 0 aliphatic heterocycles. The normalized spacial score (nSPS) is 13.9. The zero-order valence-corrected chi connectivity index (χ0v) is 4.87. The molecule has 52 valence electrons. The Morgan fingerprint density at radius 3 is 1.89 bits per heavy atom. The summed E-state index contributed by atoms with van der Waals surface area (Å²) < 4.78 is 0. The molecule has 0 amide bonds. The van der Waals surface area contributed by atoms with Crippen LogP contribution in [0.15, 0.2) is 0 Å². The van der Waals surface area contributed by atoms with Gasteiger partial charge in [-0.25, -0.2) is 0 Å². The summed E-state index contributed by atoms with van der Waals surface area (Å²) in [5.41, 5.74) is 0. The Labute approximate surface area is 52.4 Å². The molecule has 0 saturated carbocycles. The van der Waals surface area contributed by atoms with E-state index in [0.717, 1.165) is 0 Å². The van der Waals surface area contributed by atoms with Crippen molar-refractivity contribution in [1.29, 1.82) is 0 Å². The van der Waals surface area contributed by atoms with Gasteiger partial charge in [0.05, 0.1) is 0 Å². The summed E-state index contributed by atoms with van der Waals surface area (Å²) >= 11 is 0. The second-order valence-electron chi connectivity index (χ2n) is 1.48. The van der Waals surface area contributed by atoms with Crippen molar-refractivity contribution >= 4 is 0 Å². The van der Waals surface area contributed by atoms with Crippen molar-refractivity contribution < 1.29 is 20.4 Å². The Kier molecular flexibility index (Phi) is 2.62. The average Bonchev–Trinajstić information content (AvgIpc) is 1.64. The van der Waals surface area contributed by atoms with Crippen LogP contribution in [-0.4, -0.2) is 32.5 Å². The third-order valence-corrected chi connectivity index (χ3v) is 0.648. The van der Waals surface area contributed by atoms with Crippen molar-refractivity contribution in [1.82, 2.24) is 0 Å². The summed E-state index contributed by atoms with van der Waals surface area (Å²) in [6.07, 6.45) is -1.83. The molecular weight excluding hydrogens is 124 g/mol. The second kappa shape index (κ2) is 2.80. The van der Waals surface area contributed by atoms with Crippen molar-refractivity contribution in [3.05, 3.63) is 0 Å². The van der Waals surface area contributed by atoms with E-state index in [1.807, 2.05) is 5.92 Å². The van der Waals surface area contributed by atoms with Crippen molar-refractivity contribution in [2.75, 3.05) is 0 Å². The SMILES string of the molecule is CC#CC(O)C(O)(O)O. The topological polar surface area (TPSA) is 80.9 Å². The van der Waals surface area contributed by atoms with E-state index in [-0.39, 0.29) is 0 Å². The maximum absolute atomic E-state index is 8.46. The fraction of sp³-hybridized carbons (Fsp3) is 0.600. The van der Waals surface area contributed by atoms with Gasteiger partial charge in [0.2, 0.25) is 0 Å². The van der Waals surface area contributed by atoms with Crippen molar-refractivity contribution in [2.45, 2.75) is 19.0 Å². The molecule has 0 aliphatic carbocycles. The van der Waals surface area contributed by atoms with Gasteiger partial charge in [0.1, 0.15) is 0 Å². The molecule has 4 heteroatoms. The highest BCUT2D eigenvalue weighted by Crippen LogP contribution is 1.98. The predicted octanol–water partition coefficient (Wildman–Crippen LogP) is -2.00. The summed E-state index contributed by atoms with van der Waals surface area (Å²) in [5, 5.41) is 33.0. The van der Waals surface area contributed by atoms with E-state index in [2.05, 4.69) is 5.92 Å². The van der Waals surface area contributed by atoms with Crippen LogP contribution in [0.3, 0.4) is 0 Å². The van der Waals surface area contributed by atoms with Crippen LogP contribution in [0, 0.1) is 11.8 Å². The lowest BCUT2D eigenvalue weighted by Crippen LogP contribution is -2.40. The molecule has 0 aromatic heterocycles. The molecule has 0 saturated heterocycles. The van der Waals surface area contributed by atoms with Crippen LogP contribution < -0.4 is 0 Å². The average molecular weight is 132 g/mol. The number of hydrogen-bond acceptors (Lipinski definition) is 4. The zero-order valence-electron chi connectivity index (χ0n) is 4.87. The van der Waals surface area contributed by atoms with Gasteiger partial charge < -0.3 is 20.4 Å². The number of hydrogen-bond donors (Lipinski definition) is 4. The third kappa shape index (κ3) is 3.06. The van der Waals surface area contributed by atoms with Crippen LogP contribution >= 0.6 is 0 Å². The molecule has 0 rings (SSSR count). The van der Waals surface area contributed by atoms with Gasteiger partial charge >= 0.3 is 5.97 Å². The van der Waals surface area contributed by atoms with E-state index < -0.39 is 12.1 Å². The summed E-state index contributed by atoms with van der Waals surface area (Å²) in [5.74, 6) is 1.03. The third-order valence-electron chi connectivity index (χ3n) is 0.648. The van der Waals surface area contributed by atoms with Gasteiger partial charge in [-0.15, -0.1) is 5.92 Å². The summed E-state index contributed by atoms with van der Waals surface area (Å²) in [4.78, 5) is 0. The highest BCUT2D eigenvalue weighted by atomic mass is 16.7. The fourth-order valence-corrected chi connectivity index (χ4v) is 0.234. The summed E-state index contributed by atoms with van der Waals surface area (Å²) in [7, 11) is 0. The lowest BCUT2D eigenvalue weighted by molar-refractivity contribution is -0.342. The Balaban J connectivity index is 3.99. The first-order chi connectivity index (χ1) is 3.98. The van der Waals surface area contributed by atoms with E-state index >= 15 is 0 Å². The van der Waals surface area contributed by atoms with Crippen molar-refractivity contribution in [3.8, 4) is 11.8 Å². The molecule has 4 nitrogen and oxygen atoms in total. The van der Waals surface area contributed by atoms with Gasteiger partial charge in [0.25, 0.3) is 0 Å². The minimum Gasteiger partial charge on any atom is -0.373 e. The summed E-state index contributed by atoms with van der Waals surface area (Å²) in [6, 6.07) is 0. The van der Waals surface area contributed by atoms with Crippen LogP contribution in [0.25, 0.3) is 0 Å². The Bertz CT molecular complexity index is 135. The molecule has 1 unspecified atom stereocenters. The highest BCUT2D eigenvalue weighted by Gasteiger charge is 2.27. The largest absolute Gasteiger partial charge is 0.373 e. The van der Waals surface area contributed by atoms with Crippen molar-refractivity contribution in [2.24, 2.45) is 0 Å². The predicted molar refractivity (Wildman–Crippen MR) is 28.8 cm³/mol. The fourth-order valence-electron chi connectivity index (χ4n) is 0.234. The zero-order chi connectivity index (χ0) is 7.49. The van der Waals surface area contributed by atoms with Crippen LogP contribution in [0.2, 0.25) is 0 Å². The highest BCUT2D eigenvalue weighted by molar-refractivity contribution is 5.03. The lowest BCUT2D eigenvalue weighted by atomic mass is 10.3. The summed E-state index contributed by atoms with van der Waals surface area (Å²) in [6.45, 7) is 1.40. The molecule has 0 spiro atoms. The monoisotopic (exact) mass is 132 g/mol. The molecule has 0 bridgehead atoms. The van der Waals surface area contributed by atoms with Crippen LogP contribution in [0.5, 0.6) is 0 Å². The molecule has 1 atom stereocenters. The van der Waals surface area contributed by atoms with E-state index in [9.17, 15) is 0 Å². The van der Waals surface area contributed by atoms with Gasteiger partial charge in [0.15, 0.2) is 6.10 Å². The van der Waals surface area contributed by atoms with Crippen LogP contribution in [-0.2, 0) is 0 Å². The number of aliphatic hydroxyl groups excluding tert-OH is 1. The van der Waals surface area contributed by atoms with E-state index in [1.165, 1.54) is 6.92 Å². The molecule has 9 heavy (non-hydrogen) atoms. The number of rotatable bonds is 1. The first-order valence-corrected chi connectivity index (χ1v) is 2.26. The van der Waals surface area contributed by atoms with Gasteiger partial charge in [-0.05, 0) is 6.92 Å². The minimum atomic E-state index is -3.11. The van der Waals surface area contributed by atoms with Gasteiger partial charge in [-0.1, -0.05) is 5.92 Å². The molecule has 0 heterocycles. The maximum atomic E-state index is 8.46. The van der Waals surface area contributed by atoms with Gasteiger partial charge in [-0.2, -0.15) is 0 Å². The van der Waals surface area contributed by atoms with E-state index in [4.69, 9.17) is 20.4 Å². The Morgan fingerprint density at radius 1 is 1.33 bits per heavy atom. The standard InChI is InChI=1S/C5H8O4/c1-2-3-4(6)5(7,8)9/h4,6-9H,1H3. The van der Waals surface area contributed by atoms with Crippen LogP contribution in [0.4, 0.5) is 0 Å². The van der Waals surface area contributed by atoms with Gasteiger partial charge in [-0.3, -0.25) is 0 Å². The second-order valence-corrected chi connectivity index (χ2v) is 1.48. The molecule has 0 aliphatic rings. The van der Waals surface area contributed by atoms with E-state index in [1.54, 1.807) is 0 Å². The first-order valence-electron chi connectivity index (χ1n) is 2.26. The van der Waals surface area contributed by atoms with Crippen molar-refractivity contribution in [3.63, 3.8) is 0 Å². The Hall–Kier alpha value is -0.600. The smallest absolute Gasteiger partial charge is 0.315 e. The molecule has 4 N–H and O–H groups in total.